The molecule has 0 aliphatic heterocycles. The lowest BCUT2D eigenvalue weighted by Gasteiger charge is -2.29. The van der Waals surface area contributed by atoms with Crippen molar-refractivity contribution in [3.63, 3.8) is 0 Å². The topological polar surface area (TPSA) is 94.9 Å². The summed E-state index contributed by atoms with van der Waals surface area (Å²) >= 11 is 1.22. The van der Waals surface area contributed by atoms with Crippen LogP contribution in [0.2, 0.25) is 0 Å². The van der Waals surface area contributed by atoms with Crippen LogP contribution in [0.15, 0.2) is 24.4 Å². The van der Waals surface area contributed by atoms with Crippen molar-refractivity contribution in [2.75, 3.05) is 25.5 Å². The van der Waals surface area contributed by atoms with Gasteiger partial charge in [0.1, 0.15) is 11.0 Å². The van der Waals surface area contributed by atoms with E-state index in [-0.39, 0.29) is 24.2 Å². The third kappa shape index (κ3) is 8.01. The quantitative estimate of drug-likeness (QED) is 0.451. The van der Waals surface area contributed by atoms with Crippen molar-refractivity contribution >= 4 is 23.0 Å². The van der Waals surface area contributed by atoms with Gasteiger partial charge >= 0.3 is 5.97 Å². The van der Waals surface area contributed by atoms with Gasteiger partial charge in [-0.05, 0) is 71.2 Å². The summed E-state index contributed by atoms with van der Waals surface area (Å²) < 4.78 is 6.15. The number of carbonyl (C=O) groups is 1. The van der Waals surface area contributed by atoms with E-state index in [1.807, 2.05) is 50.9 Å². The van der Waals surface area contributed by atoms with E-state index in [0.29, 0.717) is 23.0 Å². The average molecular weight is 486 g/mol. The van der Waals surface area contributed by atoms with Gasteiger partial charge < -0.3 is 20.3 Å². The third-order valence-corrected chi connectivity index (χ3v) is 6.58. The highest BCUT2D eigenvalue weighted by Gasteiger charge is 2.25. The molecule has 1 fully saturated rings. The molecular formula is C26H35N3O4S. The molecule has 3 rings (SSSR count). The Balaban J connectivity index is 1.56. The van der Waals surface area contributed by atoms with Gasteiger partial charge in [-0.1, -0.05) is 11.8 Å². The molecule has 0 spiro atoms. The fraction of sp³-hybridized carbons (Fsp3) is 0.538. The summed E-state index contributed by atoms with van der Waals surface area (Å²) in [6.45, 7) is 7.58. The lowest BCUT2D eigenvalue weighted by molar-refractivity contribution is 0.0703. The standard InChI is InChI=1S/C26H35N3O4S/c1-26(2,3)11-9-21-16-22(24(34-21)25(31)32)28-19-5-7-20(8-6-19)33-23-15-18(10-12-27-23)17-29(4)13-14-30/h10,12,15-16,19-20,28,30H,5-8,13-14,17H2,1-4H3,(H,31,32)/t19-,20-. The number of carboxylic acids is 1. The van der Waals surface area contributed by atoms with E-state index in [2.05, 4.69) is 22.1 Å². The van der Waals surface area contributed by atoms with E-state index >= 15 is 0 Å². The van der Waals surface area contributed by atoms with Crippen LogP contribution in [-0.4, -0.2) is 58.4 Å². The monoisotopic (exact) mass is 485 g/mol. The van der Waals surface area contributed by atoms with E-state index in [1.54, 1.807) is 6.20 Å². The Labute approximate surface area is 206 Å². The molecule has 7 nitrogen and oxygen atoms in total. The van der Waals surface area contributed by atoms with Crippen molar-refractivity contribution in [1.29, 1.82) is 0 Å². The van der Waals surface area contributed by atoms with Gasteiger partial charge in [-0.2, -0.15) is 0 Å². The molecule has 1 aliphatic carbocycles. The summed E-state index contributed by atoms with van der Waals surface area (Å²) in [5, 5.41) is 22.1. The fourth-order valence-electron chi connectivity index (χ4n) is 3.86. The smallest absolute Gasteiger partial charge is 0.348 e. The molecule has 0 atom stereocenters. The number of hydrogen-bond donors (Lipinski definition) is 3. The van der Waals surface area contributed by atoms with Crippen LogP contribution in [-0.2, 0) is 6.54 Å². The van der Waals surface area contributed by atoms with Crippen molar-refractivity contribution in [1.82, 2.24) is 9.88 Å². The number of hydrogen-bond acceptors (Lipinski definition) is 7. The van der Waals surface area contributed by atoms with Gasteiger partial charge in [0, 0.05) is 36.8 Å². The van der Waals surface area contributed by atoms with Gasteiger partial charge in [-0.3, -0.25) is 4.90 Å². The maximum absolute atomic E-state index is 11.7. The van der Waals surface area contributed by atoms with Gasteiger partial charge in [-0.15, -0.1) is 11.3 Å². The van der Waals surface area contributed by atoms with E-state index in [0.717, 1.165) is 42.7 Å². The second-order valence-corrected chi connectivity index (χ2v) is 10.9. The highest BCUT2D eigenvalue weighted by atomic mass is 32.1. The Morgan fingerprint density at radius 2 is 2.03 bits per heavy atom. The second kappa shape index (κ2) is 11.7. The highest BCUT2D eigenvalue weighted by Crippen LogP contribution is 2.31. The van der Waals surface area contributed by atoms with E-state index < -0.39 is 5.97 Å². The van der Waals surface area contributed by atoms with E-state index in [9.17, 15) is 9.90 Å². The number of aliphatic hydroxyl groups is 1. The number of likely N-dealkylation sites (N-methyl/N-ethyl adjacent to an activating group) is 1. The molecule has 1 aliphatic rings. The Kier molecular flexibility index (Phi) is 8.95. The molecule has 0 radical (unpaired) electrons. The minimum Gasteiger partial charge on any atom is -0.477 e. The molecule has 0 amide bonds. The molecule has 0 unspecified atom stereocenters. The van der Waals surface area contributed by atoms with Crippen molar-refractivity contribution in [2.45, 2.75) is 65.1 Å². The SMILES string of the molecule is CN(CCO)Cc1ccnc(O[C@H]2CC[C@H](Nc3cc(C#CC(C)(C)C)sc3C(=O)O)CC2)c1. The first kappa shape index (κ1) is 26.0. The number of carboxylic acid groups (broad SMARTS) is 1. The predicted molar refractivity (Wildman–Crippen MR) is 136 cm³/mol. The molecule has 3 N–H and O–H groups in total. The number of thiophene rings is 1. The molecular weight excluding hydrogens is 450 g/mol. The van der Waals surface area contributed by atoms with Gasteiger partial charge in [-0.25, -0.2) is 9.78 Å². The van der Waals surface area contributed by atoms with E-state index in [4.69, 9.17) is 9.84 Å². The fourth-order valence-corrected chi connectivity index (χ4v) is 4.67. The zero-order valence-electron chi connectivity index (χ0n) is 20.4. The number of nitrogens with one attached hydrogen (secondary N) is 1. The van der Waals surface area contributed by atoms with Crippen LogP contribution in [0.1, 0.15) is 66.6 Å². The van der Waals surface area contributed by atoms with Crippen LogP contribution in [0, 0.1) is 17.3 Å². The van der Waals surface area contributed by atoms with Crippen LogP contribution in [0.25, 0.3) is 0 Å². The Morgan fingerprint density at radius 3 is 2.68 bits per heavy atom. The maximum Gasteiger partial charge on any atom is 0.348 e. The molecule has 0 saturated heterocycles. The molecule has 34 heavy (non-hydrogen) atoms. The normalized spacial score (nSPS) is 18.3. The molecule has 2 aromatic heterocycles. The number of rotatable bonds is 9. The van der Waals surface area contributed by atoms with Crippen LogP contribution in [0.5, 0.6) is 5.88 Å². The average Bonchev–Trinajstić information content (AvgIpc) is 3.17. The van der Waals surface area contributed by atoms with Crippen molar-refractivity contribution in [3.8, 4) is 17.7 Å². The van der Waals surface area contributed by atoms with E-state index in [1.165, 1.54) is 11.3 Å². The third-order valence-electron chi connectivity index (χ3n) is 5.54. The number of aromatic nitrogens is 1. The maximum atomic E-state index is 11.7. The lowest BCUT2D eigenvalue weighted by atomic mass is 9.92. The first-order valence-electron chi connectivity index (χ1n) is 11.7. The van der Waals surface area contributed by atoms with Gasteiger partial charge in [0.2, 0.25) is 5.88 Å². The van der Waals surface area contributed by atoms with Gasteiger partial charge in [0.25, 0.3) is 0 Å². The van der Waals surface area contributed by atoms with Crippen LogP contribution in [0.3, 0.4) is 0 Å². The number of nitrogens with zero attached hydrogens (tertiary/aromatic N) is 2. The molecule has 2 aromatic rings. The first-order chi connectivity index (χ1) is 16.1. The number of aliphatic hydroxyl groups excluding tert-OH is 1. The van der Waals surface area contributed by atoms with Crippen molar-refractivity contribution in [3.05, 3.63) is 39.7 Å². The largest absolute Gasteiger partial charge is 0.477 e. The zero-order valence-corrected chi connectivity index (χ0v) is 21.2. The molecule has 0 bridgehead atoms. The Morgan fingerprint density at radius 1 is 1.29 bits per heavy atom. The first-order valence-corrected chi connectivity index (χ1v) is 12.5. The molecule has 184 valence electrons. The molecule has 2 heterocycles. The number of aromatic carboxylic acids is 1. The zero-order chi connectivity index (χ0) is 24.7. The number of pyridine rings is 1. The Bertz CT molecular complexity index is 1030. The van der Waals surface area contributed by atoms with Gasteiger partial charge in [0.05, 0.1) is 17.2 Å². The Hall–Kier alpha value is -2.60. The lowest BCUT2D eigenvalue weighted by Crippen LogP contribution is -2.31. The van der Waals surface area contributed by atoms with Crippen molar-refractivity contribution in [2.24, 2.45) is 5.41 Å². The van der Waals surface area contributed by atoms with Crippen LogP contribution >= 0.6 is 11.3 Å². The van der Waals surface area contributed by atoms with Crippen LogP contribution < -0.4 is 10.1 Å². The summed E-state index contributed by atoms with van der Waals surface area (Å²) in [7, 11) is 1.97. The highest BCUT2D eigenvalue weighted by molar-refractivity contribution is 7.15. The second-order valence-electron chi connectivity index (χ2n) is 9.86. The number of anilines is 1. The summed E-state index contributed by atoms with van der Waals surface area (Å²) in [6, 6.07) is 5.98. The summed E-state index contributed by atoms with van der Waals surface area (Å²) in [5.74, 6) is 5.99. The van der Waals surface area contributed by atoms with Gasteiger partial charge in [0.15, 0.2) is 0 Å². The minimum atomic E-state index is -0.927. The molecule has 0 aromatic carbocycles. The molecule has 8 heteroatoms. The number of ether oxygens (including phenoxy) is 1. The summed E-state index contributed by atoms with van der Waals surface area (Å²) in [4.78, 5) is 19.2. The summed E-state index contributed by atoms with van der Waals surface area (Å²) in [6.07, 6.45) is 5.37. The van der Waals surface area contributed by atoms with Crippen molar-refractivity contribution < 1.29 is 19.7 Å². The summed E-state index contributed by atoms with van der Waals surface area (Å²) in [5.41, 5.74) is 1.62. The van der Waals surface area contributed by atoms with Crippen LogP contribution in [0.4, 0.5) is 5.69 Å². The predicted octanol–water partition coefficient (Wildman–Crippen LogP) is 4.47. The molecule has 1 saturated carbocycles. The minimum absolute atomic E-state index is 0.0885.